The van der Waals surface area contributed by atoms with Gasteiger partial charge in [-0.3, -0.25) is 4.79 Å². The fourth-order valence-corrected chi connectivity index (χ4v) is 2.82. The van der Waals surface area contributed by atoms with Crippen molar-refractivity contribution in [2.24, 2.45) is 0 Å². The number of hydrogen-bond acceptors (Lipinski definition) is 4. The number of halogens is 1. The second-order valence-corrected chi connectivity index (χ2v) is 6.07. The van der Waals surface area contributed by atoms with E-state index in [9.17, 15) is 14.3 Å². The number of anilines is 1. The van der Waals surface area contributed by atoms with Crippen molar-refractivity contribution in [3.05, 3.63) is 59.8 Å². The maximum absolute atomic E-state index is 14.3. The normalized spacial score (nSPS) is 15.7. The molecule has 132 valence electrons. The number of furan rings is 1. The number of piperidine rings is 1. The van der Waals surface area contributed by atoms with E-state index in [0.29, 0.717) is 42.9 Å². The molecule has 1 aromatic carbocycles. The molecule has 1 aliphatic rings. The maximum atomic E-state index is 14.3. The summed E-state index contributed by atoms with van der Waals surface area (Å²) in [6.45, 7) is 1.54. The number of aliphatic hydroxyl groups is 1. The van der Waals surface area contributed by atoms with Crippen LogP contribution < -0.4 is 10.2 Å². The first-order chi connectivity index (χ1) is 12.1. The lowest BCUT2D eigenvalue weighted by atomic mass is 10.1. The first-order valence-electron chi connectivity index (χ1n) is 8.32. The molecule has 1 fully saturated rings. The van der Waals surface area contributed by atoms with Gasteiger partial charge in [-0.15, -0.1) is 0 Å². The van der Waals surface area contributed by atoms with Crippen molar-refractivity contribution < 1.29 is 18.7 Å². The highest BCUT2D eigenvalue weighted by Gasteiger charge is 2.19. The van der Waals surface area contributed by atoms with Crippen molar-refractivity contribution in [3.63, 3.8) is 0 Å². The zero-order valence-corrected chi connectivity index (χ0v) is 13.8. The molecule has 1 aromatic heterocycles. The highest BCUT2D eigenvalue weighted by molar-refractivity contribution is 5.91. The summed E-state index contributed by atoms with van der Waals surface area (Å²) in [7, 11) is 0. The van der Waals surface area contributed by atoms with Crippen LogP contribution >= 0.6 is 0 Å². The summed E-state index contributed by atoms with van der Waals surface area (Å²) in [5.41, 5.74) is 1.23. The molecule has 25 heavy (non-hydrogen) atoms. The van der Waals surface area contributed by atoms with E-state index < -0.39 is 0 Å². The van der Waals surface area contributed by atoms with E-state index in [1.165, 1.54) is 18.4 Å². The molecule has 0 aliphatic carbocycles. The number of benzene rings is 1. The Hall–Kier alpha value is -2.60. The standard InChI is InChI=1S/C19H21FN2O3/c20-17-12-14(3-5-18(17)22-9-7-15(23)8-10-22)13-21-19(24)6-4-16-2-1-11-25-16/h1-6,11-12,15,23H,7-10,13H2,(H,21,24). The van der Waals surface area contributed by atoms with Crippen LogP contribution in [0.4, 0.5) is 10.1 Å². The predicted molar refractivity (Wildman–Crippen MR) is 93.4 cm³/mol. The Morgan fingerprint density at radius 2 is 2.16 bits per heavy atom. The van der Waals surface area contributed by atoms with Gasteiger partial charge in [0.05, 0.1) is 18.1 Å². The number of nitrogens with one attached hydrogen (secondary N) is 1. The van der Waals surface area contributed by atoms with Gasteiger partial charge in [-0.05, 0) is 48.7 Å². The summed E-state index contributed by atoms with van der Waals surface area (Å²) < 4.78 is 19.4. The van der Waals surface area contributed by atoms with Crippen LogP contribution in [-0.4, -0.2) is 30.2 Å². The smallest absolute Gasteiger partial charge is 0.244 e. The predicted octanol–water partition coefficient (Wildman–Crippen LogP) is 2.71. The topological polar surface area (TPSA) is 65.7 Å². The van der Waals surface area contributed by atoms with Crippen LogP contribution in [0.25, 0.3) is 6.08 Å². The average Bonchev–Trinajstić information content (AvgIpc) is 3.13. The minimum absolute atomic E-state index is 0.247. The van der Waals surface area contributed by atoms with Crippen molar-refractivity contribution in [2.45, 2.75) is 25.5 Å². The molecule has 0 bridgehead atoms. The average molecular weight is 344 g/mol. The Kier molecular flexibility index (Phi) is 5.50. The van der Waals surface area contributed by atoms with Gasteiger partial charge >= 0.3 is 0 Å². The molecule has 1 saturated heterocycles. The van der Waals surface area contributed by atoms with Crippen LogP contribution in [0.5, 0.6) is 0 Å². The fraction of sp³-hybridized carbons (Fsp3) is 0.316. The maximum Gasteiger partial charge on any atom is 0.244 e. The van der Waals surface area contributed by atoms with Crippen LogP contribution in [0.1, 0.15) is 24.2 Å². The molecule has 3 rings (SSSR count). The summed E-state index contributed by atoms with van der Waals surface area (Å²) in [6.07, 6.45) is 5.50. The van der Waals surface area contributed by atoms with Gasteiger partial charge in [-0.2, -0.15) is 0 Å². The summed E-state index contributed by atoms with van der Waals surface area (Å²) in [6, 6.07) is 8.46. The van der Waals surface area contributed by atoms with Crippen molar-refractivity contribution in [2.75, 3.05) is 18.0 Å². The molecular formula is C19H21FN2O3. The van der Waals surface area contributed by atoms with E-state index in [0.717, 1.165) is 0 Å². The Morgan fingerprint density at radius 1 is 1.36 bits per heavy atom. The van der Waals surface area contributed by atoms with E-state index >= 15 is 0 Å². The van der Waals surface area contributed by atoms with Gasteiger partial charge < -0.3 is 19.7 Å². The van der Waals surface area contributed by atoms with Crippen molar-refractivity contribution in [3.8, 4) is 0 Å². The molecule has 5 nitrogen and oxygen atoms in total. The van der Waals surface area contributed by atoms with Gasteiger partial charge in [0, 0.05) is 25.7 Å². The van der Waals surface area contributed by atoms with Gasteiger partial charge in [-0.25, -0.2) is 4.39 Å². The quantitative estimate of drug-likeness (QED) is 0.819. The molecular weight excluding hydrogens is 323 g/mol. The molecule has 0 saturated carbocycles. The molecule has 0 atom stereocenters. The van der Waals surface area contributed by atoms with Gasteiger partial charge in [-0.1, -0.05) is 6.07 Å². The van der Waals surface area contributed by atoms with Crippen LogP contribution in [0.2, 0.25) is 0 Å². The monoisotopic (exact) mass is 344 g/mol. The first-order valence-corrected chi connectivity index (χ1v) is 8.32. The SMILES string of the molecule is O=C(C=Cc1ccco1)NCc1ccc(N2CCC(O)CC2)c(F)c1. The van der Waals surface area contributed by atoms with Gasteiger partial charge in [0.25, 0.3) is 0 Å². The first kappa shape index (κ1) is 17.2. The summed E-state index contributed by atoms with van der Waals surface area (Å²) in [4.78, 5) is 13.7. The van der Waals surface area contributed by atoms with E-state index in [-0.39, 0.29) is 24.4 Å². The molecule has 0 unspecified atom stereocenters. The second-order valence-electron chi connectivity index (χ2n) is 6.07. The van der Waals surface area contributed by atoms with Gasteiger partial charge in [0.15, 0.2) is 0 Å². The van der Waals surface area contributed by atoms with E-state index in [2.05, 4.69) is 5.32 Å². The number of carbonyl (C=O) groups is 1. The summed E-state index contributed by atoms with van der Waals surface area (Å²) >= 11 is 0. The van der Waals surface area contributed by atoms with E-state index in [1.54, 1.807) is 30.3 Å². The molecule has 6 heteroatoms. The minimum Gasteiger partial charge on any atom is -0.465 e. The lowest BCUT2D eigenvalue weighted by Gasteiger charge is -2.31. The third-order valence-corrected chi connectivity index (χ3v) is 4.23. The third kappa shape index (κ3) is 4.70. The summed E-state index contributed by atoms with van der Waals surface area (Å²) in [5, 5.41) is 12.3. The lowest BCUT2D eigenvalue weighted by molar-refractivity contribution is -0.116. The largest absolute Gasteiger partial charge is 0.465 e. The van der Waals surface area contributed by atoms with Gasteiger partial charge in [0.2, 0.25) is 5.91 Å². The van der Waals surface area contributed by atoms with Crippen molar-refractivity contribution >= 4 is 17.7 Å². The number of hydrogen-bond donors (Lipinski definition) is 2. The Morgan fingerprint density at radius 3 is 2.84 bits per heavy atom. The Labute approximate surface area is 145 Å². The van der Waals surface area contributed by atoms with Crippen LogP contribution in [0.3, 0.4) is 0 Å². The molecule has 1 amide bonds. The van der Waals surface area contributed by atoms with Crippen molar-refractivity contribution in [1.82, 2.24) is 5.32 Å². The Balaban J connectivity index is 1.55. The number of aliphatic hydroxyl groups excluding tert-OH is 1. The highest BCUT2D eigenvalue weighted by Crippen LogP contribution is 2.24. The zero-order valence-electron chi connectivity index (χ0n) is 13.8. The van der Waals surface area contributed by atoms with Crippen LogP contribution in [-0.2, 0) is 11.3 Å². The molecule has 2 heterocycles. The highest BCUT2D eigenvalue weighted by atomic mass is 19.1. The number of amides is 1. The number of rotatable bonds is 5. The van der Waals surface area contributed by atoms with Crippen molar-refractivity contribution in [1.29, 1.82) is 0 Å². The Bertz CT molecular complexity index is 735. The molecule has 0 radical (unpaired) electrons. The fourth-order valence-electron chi connectivity index (χ4n) is 2.82. The third-order valence-electron chi connectivity index (χ3n) is 4.23. The molecule has 1 aliphatic heterocycles. The van der Waals surface area contributed by atoms with E-state index in [1.807, 2.05) is 4.90 Å². The zero-order chi connectivity index (χ0) is 17.6. The molecule has 0 spiro atoms. The number of carbonyl (C=O) groups excluding carboxylic acids is 1. The summed E-state index contributed by atoms with van der Waals surface area (Å²) in [5.74, 6) is 0.0115. The number of nitrogens with zero attached hydrogens (tertiary/aromatic N) is 1. The molecule has 2 aromatic rings. The van der Waals surface area contributed by atoms with Crippen LogP contribution in [0, 0.1) is 5.82 Å². The second kappa shape index (κ2) is 7.98. The lowest BCUT2D eigenvalue weighted by Crippen LogP contribution is -2.36. The van der Waals surface area contributed by atoms with Crippen LogP contribution in [0.15, 0.2) is 47.1 Å². The minimum atomic E-state index is -0.311. The van der Waals surface area contributed by atoms with Gasteiger partial charge in [0.1, 0.15) is 11.6 Å². The molecule has 2 N–H and O–H groups in total. The van der Waals surface area contributed by atoms with E-state index in [4.69, 9.17) is 4.42 Å².